The Labute approximate surface area is 278 Å². The van der Waals surface area contributed by atoms with Crippen LogP contribution in [0.2, 0.25) is 0 Å². The van der Waals surface area contributed by atoms with Gasteiger partial charge in [0.1, 0.15) is 23.4 Å². The van der Waals surface area contributed by atoms with Crippen molar-refractivity contribution < 1.29 is 24.2 Å². The van der Waals surface area contributed by atoms with Crippen LogP contribution in [0.25, 0.3) is 5.78 Å². The lowest BCUT2D eigenvalue weighted by atomic mass is 9.96. The van der Waals surface area contributed by atoms with Gasteiger partial charge in [0.2, 0.25) is 0 Å². The minimum Gasteiger partial charge on any atom is -0.477 e. The number of methoxy groups -OCH3 is 1. The Morgan fingerprint density at radius 1 is 1.04 bits per heavy atom. The highest BCUT2D eigenvalue weighted by atomic mass is 35.5. The minimum absolute atomic E-state index is 0. The topological polar surface area (TPSA) is 225 Å². The van der Waals surface area contributed by atoms with Crippen LogP contribution < -0.4 is 32.5 Å². The average Bonchev–Trinajstić information content (AvgIpc) is 3.74. The number of aromatic carboxylic acids is 1. The molecular weight excluding hydrogens is 644 g/mol. The van der Waals surface area contributed by atoms with Gasteiger partial charge in [0.15, 0.2) is 5.69 Å². The van der Waals surface area contributed by atoms with E-state index in [9.17, 15) is 29.1 Å². The first-order valence-corrected chi connectivity index (χ1v) is 14.7. The van der Waals surface area contributed by atoms with Crippen molar-refractivity contribution in [3.8, 4) is 0 Å². The Morgan fingerprint density at radius 3 is 2.54 bits per heavy atom. The molecule has 0 radical (unpaired) electrons. The molecule has 3 aromatic carbocycles. The number of hydrogen-bond acceptors (Lipinski definition) is 12. The molecule has 48 heavy (non-hydrogen) atoms. The standard InChI is InChI=1S/C18H15N5O5.C14H15N3O2.ClH/c1-28-17(27)10-2-4-11-9(6-10)3-5-12(11)21-15(24)13-7-14(16(25)26)23-18(22-13)19-8-20-23;15-6-8-1-2-9-3-4-17(7-10(9)5-8)12-11(16)13(18)14(12)19;/h2,4,6-8,12H,3,5H2,1H3,(H,21,24)(H,25,26);1-2,5H,3-4,6-7,15-16H2;1H/t12-;;/m0../s1. The van der Waals surface area contributed by atoms with Crippen LogP contribution in [0.3, 0.4) is 0 Å². The molecule has 1 aliphatic carbocycles. The molecule has 0 bridgehead atoms. The quantitative estimate of drug-likeness (QED) is 0.147. The third-order valence-electron chi connectivity index (χ3n) is 8.41. The monoisotopic (exact) mass is 674 g/mol. The number of nitrogens with zero attached hydrogens (tertiary/aromatic N) is 5. The Hall–Kier alpha value is -5.67. The molecule has 0 unspecified atom stereocenters. The normalized spacial score (nSPS) is 14.7. The van der Waals surface area contributed by atoms with Gasteiger partial charge in [0, 0.05) is 25.7 Å². The zero-order valence-corrected chi connectivity index (χ0v) is 26.5. The first-order valence-electron chi connectivity index (χ1n) is 14.7. The van der Waals surface area contributed by atoms with Gasteiger partial charge in [-0.15, -0.1) is 12.4 Å². The Bertz CT molecular complexity index is 2140. The molecule has 2 aromatic heterocycles. The number of amides is 1. The number of carbonyl (C=O) groups is 3. The van der Waals surface area contributed by atoms with Crippen LogP contribution >= 0.6 is 12.4 Å². The molecular formula is C32H31ClN8O7. The van der Waals surface area contributed by atoms with Gasteiger partial charge in [-0.2, -0.15) is 14.6 Å². The number of nitrogens with two attached hydrogens (primary N) is 2. The van der Waals surface area contributed by atoms with Crippen molar-refractivity contribution >= 4 is 47.4 Å². The summed E-state index contributed by atoms with van der Waals surface area (Å²) in [5.41, 5.74) is 16.3. The van der Waals surface area contributed by atoms with Gasteiger partial charge in [-0.3, -0.25) is 14.4 Å². The lowest BCUT2D eigenvalue weighted by Gasteiger charge is -2.31. The number of aryl methyl sites for hydroxylation is 1. The molecule has 7 rings (SSSR count). The van der Waals surface area contributed by atoms with Gasteiger partial charge in [-0.1, -0.05) is 24.3 Å². The number of nitrogen functional groups attached to an aromatic ring is 1. The molecule has 1 atom stereocenters. The van der Waals surface area contributed by atoms with Crippen molar-refractivity contribution in [2.24, 2.45) is 5.73 Å². The second kappa shape index (κ2) is 13.6. The predicted molar refractivity (Wildman–Crippen MR) is 176 cm³/mol. The van der Waals surface area contributed by atoms with Crippen LogP contribution in [0.1, 0.15) is 71.6 Å². The fourth-order valence-corrected chi connectivity index (χ4v) is 5.96. The van der Waals surface area contributed by atoms with Crippen molar-refractivity contribution in [3.63, 3.8) is 0 Å². The Morgan fingerprint density at radius 2 is 1.83 bits per heavy atom. The summed E-state index contributed by atoms with van der Waals surface area (Å²) >= 11 is 0. The summed E-state index contributed by atoms with van der Waals surface area (Å²) in [5.74, 6) is -2.14. The summed E-state index contributed by atoms with van der Waals surface area (Å²) in [4.78, 5) is 68.3. The van der Waals surface area contributed by atoms with Crippen molar-refractivity contribution in [3.05, 3.63) is 114 Å². The summed E-state index contributed by atoms with van der Waals surface area (Å²) in [7, 11) is 1.32. The highest BCUT2D eigenvalue weighted by molar-refractivity contribution is 5.96. The van der Waals surface area contributed by atoms with E-state index in [1.165, 1.54) is 19.0 Å². The number of rotatable bonds is 6. The molecule has 0 fully saturated rings. The van der Waals surface area contributed by atoms with Crippen molar-refractivity contribution in [1.82, 2.24) is 24.9 Å². The lowest BCUT2D eigenvalue weighted by Crippen LogP contribution is -2.44. The highest BCUT2D eigenvalue weighted by Gasteiger charge is 2.28. The van der Waals surface area contributed by atoms with E-state index >= 15 is 0 Å². The number of carboxylic acid groups (broad SMARTS) is 1. The third kappa shape index (κ3) is 6.20. The van der Waals surface area contributed by atoms with Gasteiger partial charge in [-0.25, -0.2) is 14.6 Å². The summed E-state index contributed by atoms with van der Waals surface area (Å²) in [6, 6.07) is 12.3. The summed E-state index contributed by atoms with van der Waals surface area (Å²) in [6.07, 6.45) is 3.37. The van der Waals surface area contributed by atoms with Crippen LogP contribution in [-0.2, 0) is 30.7 Å². The molecule has 0 saturated heterocycles. The van der Waals surface area contributed by atoms with Crippen LogP contribution in [0, 0.1) is 0 Å². The van der Waals surface area contributed by atoms with E-state index in [2.05, 4.69) is 32.5 Å². The maximum Gasteiger partial charge on any atom is 0.354 e. The number of nitrogens with one attached hydrogen (secondary N) is 1. The van der Waals surface area contributed by atoms with E-state index in [0.717, 1.165) is 39.3 Å². The fourth-order valence-electron chi connectivity index (χ4n) is 5.96. The first-order chi connectivity index (χ1) is 22.6. The van der Waals surface area contributed by atoms with Gasteiger partial charge in [0.05, 0.1) is 18.7 Å². The first kappa shape index (κ1) is 33.7. The molecule has 16 heteroatoms. The molecule has 6 N–H and O–H groups in total. The van der Waals surface area contributed by atoms with Crippen molar-refractivity contribution in [2.45, 2.75) is 38.4 Å². The third-order valence-corrected chi connectivity index (χ3v) is 8.41. The molecule has 0 spiro atoms. The summed E-state index contributed by atoms with van der Waals surface area (Å²) < 4.78 is 5.78. The second-order valence-electron chi connectivity index (χ2n) is 11.2. The molecule has 3 heterocycles. The van der Waals surface area contributed by atoms with Crippen molar-refractivity contribution in [1.29, 1.82) is 0 Å². The number of hydrogen-bond donors (Lipinski definition) is 4. The van der Waals surface area contributed by atoms with E-state index in [4.69, 9.17) is 16.2 Å². The largest absolute Gasteiger partial charge is 0.477 e. The predicted octanol–water partition coefficient (Wildman–Crippen LogP) is 1.33. The minimum atomic E-state index is -1.24. The summed E-state index contributed by atoms with van der Waals surface area (Å²) in [6.45, 7) is 1.82. The smallest absolute Gasteiger partial charge is 0.354 e. The number of esters is 1. The SMILES string of the molecule is COC(=O)c1ccc2c(c1)CC[C@@H]2NC(=O)c1cc(C(=O)O)n2ncnc2n1.Cl.NCc1ccc2c(c1)CN(c1c(N)c(=O)c1=O)CC2. The van der Waals surface area contributed by atoms with Gasteiger partial charge >= 0.3 is 11.9 Å². The van der Waals surface area contributed by atoms with Gasteiger partial charge in [-0.05, 0) is 59.2 Å². The van der Waals surface area contributed by atoms with E-state index in [1.807, 2.05) is 11.0 Å². The van der Waals surface area contributed by atoms with E-state index in [0.29, 0.717) is 43.7 Å². The number of fused-ring (bicyclic) bond motifs is 3. The van der Waals surface area contributed by atoms with E-state index in [-0.39, 0.29) is 41.3 Å². The molecule has 0 saturated carbocycles. The van der Waals surface area contributed by atoms with E-state index in [1.54, 1.807) is 18.2 Å². The number of aromatic nitrogens is 4. The molecule has 1 amide bonds. The van der Waals surface area contributed by atoms with E-state index < -0.39 is 28.7 Å². The van der Waals surface area contributed by atoms with Crippen LogP contribution in [0.5, 0.6) is 0 Å². The highest BCUT2D eigenvalue weighted by Crippen LogP contribution is 2.32. The zero-order valence-electron chi connectivity index (χ0n) is 25.6. The molecule has 1 aliphatic heterocycles. The van der Waals surface area contributed by atoms with Crippen molar-refractivity contribution in [2.75, 3.05) is 24.3 Å². The van der Waals surface area contributed by atoms with Gasteiger partial charge < -0.3 is 31.5 Å². The molecule has 248 valence electrons. The number of anilines is 2. The second-order valence-corrected chi connectivity index (χ2v) is 11.2. The number of halogens is 1. The number of carboxylic acids is 1. The maximum absolute atomic E-state index is 12.7. The average molecular weight is 675 g/mol. The van der Waals surface area contributed by atoms with Crippen LogP contribution in [0.4, 0.5) is 11.4 Å². The lowest BCUT2D eigenvalue weighted by molar-refractivity contribution is 0.0599. The number of carbonyl (C=O) groups excluding carboxylic acids is 2. The fraction of sp³-hybridized carbons (Fsp3) is 0.250. The summed E-state index contributed by atoms with van der Waals surface area (Å²) in [5, 5.41) is 16.0. The Balaban J connectivity index is 0.000000197. The van der Waals surface area contributed by atoms with Crippen LogP contribution in [-0.4, -0.2) is 56.2 Å². The number of ether oxygens (including phenoxy) is 1. The zero-order chi connectivity index (χ0) is 33.4. The Kier molecular flexibility index (Phi) is 9.54. The molecule has 2 aliphatic rings. The van der Waals surface area contributed by atoms with Crippen LogP contribution in [0.15, 0.2) is 58.4 Å². The molecule has 15 nitrogen and oxygen atoms in total. The number of benzene rings is 2. The molecule has 5 aromatic rings. The van der Waals surface area contributed by atoms with Gasteiger partial charge in [0.25, 0.3) is 22.5 Å². The maximum atomic E-state index is 12.7.